The van der Waals surface area contributed by atoms with Crippen LogP contribution in [0.15, 0.2) is 65.8 Å². The van der Waals surface area contributed by atoms with Crippen LogP contribution in [0.25, 0.3) is 0 Å². The van der Waals surface area contributed by atoms with Gasteiger partial charge in [0.25, 0.3) is 5.91 Å². The molecular weight excluding hydrogens is 294 g/mol. The summed E-state index contributed by atoms with van der Waals surface area (Å²) in [5, 5.41) is 16.6. The fourth-order valence-electron chi connectivity index (χ4n) is 2.35. The number of hydrazone groups is 1. The zero-order valence-corrected chi connectivity index (χ0v) is 12.2. The van der Waals surface area contributed by atoms with E-state index < -0.39 is 12.1 Å². The van der Waals surface area contributed by atoms with Gasteiger partial charge in [-0.15, -0.1) is 0 Å². The fraction of sp³-hybridized carbons (Fsp3) is 0.118. The van der Waals surface area contributed by atoms with Gasteiger partial charge in [-0.3, -0.25) is 4.79 Å². The second-order valence-corrected chi connectivity index (χ2v) is 5.10. The minimum absolute atomic E-state index is 0.230. The average Bonchev–Trinajstić information content (AvgIpc) is 2.58. The van der Waals surface area contributed by atoms with Gasteiger partial charge in [0.1, 0.15) is 6.04 Å². The number of nitrogens with one attached hydrogen (secondary N) is 1. The first-order chi connectivity index (χ1) is 11.1. The normalized spacial score (nSPS) is 16.4. The predicted octanol–water partition coefficient (Wildman–Crippen LogP) is 1.92. The highest BCUT2D eigenvalue weighted by Gasteiger charge is 2.38. The van der Waals surface area contributed by atoms with Gasteiger partial charge in [-0.05, 0) is 0 Å². The molecular formula is C17H15N3O3. The average molecular weight is 309 g/mol. The Morgan fingerprint density at radius 3 is 2.00 bits per heavy atom. The highest BCUT2D eigenvalue weighted by molar-refractivity contribution is 6.13. The summed E-state index contributed by atoms with van der Waals surface area (Å²) in [5.74, 6) is -0.350. The molecule has 1 unspecified atom stereocenters. The third-order valence-corrected chi connectivity index (χ3v) is 3.52. The highest BCUT2D eigenvalue weighted by atomic mass is 16.4. The summed E-state index contributed by atoms with van der Waals surface area (Å²) >= 11 is 0. The van der Waals surface area contributed by atoms with Crippen LogP contribution < -0.4 is 5.32 Å². The molecule has 0 aromatic heterocycles. The SMILES string of the molecule is O=C(O)NC1CN(N=C(c2ccccc2)c2ccccc2)C1=O. The number of amides is 2. The van der Waals surface area contributed by atoms with E-state index in [9.17, 15) is 9.59 Å². The first-order valence-corrected chi connectivity index (χ1v) is 7.15. The van der Waals surface area contributed by atoms with Crippen LogP contribution in [0.3, 0.4) is 0 Å². The van der Waals surface area contributed by atoms with E-state index >= 15 is 0 Å². The molecule has 1 aliphatic rings. The maximum absolute atomic E-state index is 12.0. The van der Waals surface area contributed by atoms with Crippen LogP contribution in [-0.2, 0) is 4.79 Å². The van der Waals surface area contributed by atoms with Gasteiger partial charge >= 0.3 is 6.09 Å². The minimum Gasteiger partial charge on any atom is -0.465 e. The van der Waals surface area contributed by atoms with E-state index in [2.05, 4.69) is 10.4 Å². The van der Waals surface area contributed by atoms with Crippen molar-refractivity contribution in [1.29, 1.82) is 0 Å². The summed E-state index contributed by atoms with van der Waals surface area (Å²) in [6, 6.07) is 18.4. The molecule has 0 saturated carbocycles. The molecule has 23 heavy (non-hydrogen) atoms. The van der Waals surface area contributed by atoms with Crippen molar-refractivity contribution < 1.29 is 14.7 Å². The Hall–Kier alpha value is -3.15. The van der Waals surface area contributed by atoms with Gasteiger partial charge in [-0.2, -0.15) is 5.10 Å². The van der Waals surface area contributed by atoms with Gasteiger partial charge in [-0.25, -0.2) is 9.80 Å². The van der Waals surface area contributed by atoms with E-state index in [4.69, 9.17) is 5.11 Å². The van der Waals surface area contributed by atoms with Crippen LogP contribution in [0.5, 0.6) is 0 Å². The number of β-lactam (4-membered cyclic amide) rings is 1. The summed E-state index contributed by atoms with van der Waals surface area (Å²) in [6.45, 7) is 0.230. The smallest absolute Gasteiger partial charge is 0.405 e. The Labute approximate surface area is 133 Å². The lowest BCUT2D eigenvalue weighted by atomic mass is 10.0. The molecule has 0 spiro atoms. The van der Waals surface area contributed by atoms with Crippen molar-refractivity contribution in [2.45, 2.75) is 6.04 Å². The summed E-state index contributed by atoms with van der Waals surface area (Å²) < 4.78 is 0. The molecule has 0 radical (unpaired) electrons. The second-order valence-electron chi connectivity index (χ2n) is 5.10. The largest absolute Gasteiger partial charge is 0.465 e. The van der Waals surface area contributed by atoms with Gasteiger partial charge in [0.15, 0.2) is 0 Å². The van der Waals surface area contributed by atoms with E-state index in [1.54, 1.807) is 0 Å². The molecule has 0 bridgehead atoms. The van der Waals surface area contributed by atoms with E-state index in [0.717, 1.165) is 11.1 Å². The van der Waals surface area contributed by atoms with Crippen LogP contribution in [0.4, 0.5) is 4.79 Å². The van der Waals surface area contributed by atoms with Crippen molar-refractivity contribution in [2.75, 3.05) is 6.54 Å². The molecule has 2 amide bonds. The Morgan fingerprint density at radius 2 is 1.57 bits per heavy atom. The zero-order chi connectivity index (χ0) is 16.2. The molecule has 116 valence electrons. The standard InChI is InChI=1S/C17H15N3O3/c21-16-14(18-17(22)23)11-20(16)19-15(12-7-3-1-4-8-12)13-9-5-2-6-10-13/h1-10,14,18H,11H2,(H,22,23). The number of hydrogen-bond donors (Lipinski definition) is 2. The topological polar surface area (TPSA) is 82.0 Å². The lowest BCUT2D eigenvalue weighted by Gasteiger charge is -2.34. The number of carbonyl (C=O) groups is 2. The van der Waals surface area contributed by atoms with Crippen molar-refractivity contribution in [1.82, 2.24) is 10.3 Å². The molecule has 1 aliphatic heterocycles. The van der Waals surface area contributed by atoms with Crippen LogP contribution in [0.1, 0.15) is 11.1 Å². The van der Waals surface area contributed by atoms with Crippen molar-refractivity contribution in [3.05, 3.63) is 71.8 Å². The molecule has 2 aromatic rings. The molecule has 0 aliphatic carbocycles. The molecule has 2 aromatic carbocycles. The number of carbonyl (C=O) groups excluding carboxylic acids is 1. The quantitative estimate of drug-likeness (QED) is 0.668. The van der Waals surface area contributed by atoms with Crippen molar-refractivity contribution in [3.8, 4) is 0 Å². The third kappa shape index (κ3) is 3.21. The van der Waals surface area contributed by atoms with Crippen LogP contribution in [0, 0.1) is 0 Å². The Bertz CT molecular complexity index is 703. The minimum atomic E-state index is -1.21. The lowest BCUT2D eigenvalue weighted by Crippen LogP contribution is -2.61. The number of nitrogens with zero attached hydrogens (tertiary/aromatic N) is 2. The molecule has 6 nitrogen and oxygen atoms in total. The van der Waals surface area contributed by atoms with Crippen LogP contribution >= 0.6 is 0 Å². The van der Waals surface area contributed by atoms with Crippen molar-refractivity contribution in [2.24, 2.45) is 5.10 Å². The number of hydrogen-bond acceptors (Lipinski definition) is 3. The molecule has 2 N–H and O–H groups in total. The maximum atomic E-state index is 12.0. The van der Waals surface area contributed by atoms with Crippen LogP contribution in [-0.4, -0.2) is 40.4 Å². The third-order valence-electron chi connectivity index (χ3n) is 3.52. The highest BCUT2D eigenvalue weighted by Crippen LogP contribution is 2.16. The summed E-state index contributed by atoms with van der Waals surface area (Å²) in [6.07, 6.45) is -1.21. The van der Waals surface area contributed by atoms with E-state index in [0.29, 0.717) is 5.71 Å². The number of benzene rings is 2. The maximum Gasteiger partial charge on any atom is 0.405 e. The molecule has 3 rings (SSSR count). The summed E-state index contributed by atoms with van der Waals surface area (Å²) in [4.78, 5) is 22.6. The molecule has 1 atom stereocenters. The zero-order valence-electron chi connectivity index (χ0n) is 12.2. The Balaban J connectivity index is 1.89. The molecule has 1 fully saturated rings. The first kappa shape index (κ1) is 14.8. The molecule has 1 heterocycles. The van der Waals surface area contributed by atoms with Crippen molar-refractivity contribution >= 4 is 17.7 Å². The van der Waals surface area contributed by atoms with Gasteiger partial charge in [0.05, 0.1) is 12.3 Å². The lowest BCUT2D eigenvalue weighted by molar-refractivity contribution is -0.143. The van der Waals surface area contributed by atoms with Gasteiger partial charge in [-0.1, -0.05) is 60.7 Å². The van der Waals surface area contributed by atoms with E-state index in [1.807, 2.05) is 60.7 Å². The predicted molar refractivity (Wildman–Crippen MR) is 85.2 cm³/mol. The Kier molecular flexibility index (Phi) is 4.05. The second kappa shape index (κ2) is 6.31. The summed E-state index contributed by atoms with van der Waals surface area (Å²) in [7, 11) is 0. The van der Waals surface area contributed by atoms with Gasteiger partial charge < -0.3 is 10.4 Å². The number of carboxylic acid groups (broad SMARTS) is 1. The van der Waals surface area contributed by atoms with Gasteiger partial charge in [0.2, 0.25) is 0 Å². The fourth-order valence-corrected chi connectivity index (χ4v) is 2.35. The Morgan fingerprint density at radius 1 is 1.04 bits per heavy atom. The van der Waals surface area contributed by atoms with E-state index in [1.165, 1.54) is 5.01 Å². The van der Waals surface area contributed by atoms with Gasteiger partial charge in [0, 0.05) is 11.1 Å². The monoisotopic (exact) mass is 309 g/mol. The first-order valence-electron chi connectivity index (χ1n) is 7.15. The summed E-state index contributed by atoms with van der Waals surface area (Å²) in [5.41, 5.74) is 2.45. The molecule has 6 heteroatoms. The van der Waals surface area contributed by atoms with Crippen molar-refractivity contribution in [3.63, 3.8) is 0 Å². The number of rotatable bonds is 4. The van der Waals surface area contributed by atoms with Crippen LogP contribution in [0.2, 0.25) is 0 Å². The van der Waals surface area contributed by atoms with E-state index in [-0.39, 0.29) is 12.5 Å². The molecule has 1 saturated heterocycles.